The number of hydrogen-bond donors (Lipinski definition) is 1. The first-order valence-electron chi connectivity index (χ1n) is 7.72. The van der Waals surface area contributed by atoms with Crippen LogP contribution in [0.1, 0.15) is 23.6 Å². The van der Waals surface area contributed by atoms with Crippen molar-refractivity contribution in [3.63, 3.8) is 0 Å². The van der Waals surface area contributed by atoms with E-state index in [0.717, 1.165) is 23.3 Å². The zero-order valence-electron chi connectivity index (χ0n) is 13.7. The lowest BCUT2D eigenvalue weighted by atomic mass is 10.1. The van der Waals surface area contributed by atoms with Gasteiger partial charge in [-0.25, -0.2) is 0 Å². The Bertz CT molecular complexity index is 668. The van der Waals surface area contributed by atoms with Crippen LogP contribution in [0.3, 0.4) is 0 Å². The second kappa shape index (κ2) is 8.02. The quantitative estimate of drug-likeness (QED) is 0.866. The lowest BCUT2D eigenvalue weighted by Gasteiger charge is -2.16. The molecule has 0 aliphatic heterocycles. The van der Waals surface area contributed by atoms with Crippen molar-refractivity contribution in [1.82, 2.24) is 5.32 Å². The minimum atomic E-state index is -0.526. The molecule has 0 aromatic heterocycles. The molecule has 1 atom stereocenters. The molecule has 4 heteroatoms. The molecule has 0 spiro atoms. The van der Waals surface area contributed by atoms with E-state index in [1.54, 1.807) is 6.92 Å². The fraction of sp³-hybridized carbons (Fsp3) is 0.316. The van der Waals surface area contributed by atoms with Crippen molar-refractivity contribution in [1.29, 1.82) is 0 Å². The van der Waals surface area contributed by atoms with Gasteiger partial charge in [-0.1, -0.05) is 41.4 Å². The molecule has 0 heterocycles. The summed E-state index contributed by atoms with van der Waals surface area (Å²) in [4.78, 5) is 12.1. The Morgan fingerprint density at radius 2 is 1.87 bits per heavy atom. The molecule has 0 aliphatic carbocycles. The predicted molar refractivity (Wildman–Crippen MR) is 94.2 cm³/mol. The Kier molecular flexibility index (Phi) is 6.05. The van der Waals surface area contributed by atoms with Crippen LogP contribution in [0.5, 0.6) is 5.75 Å². The van der Waals surface area contributed by atoms with Crippen molar-refractivity contribution >= 4 is 17.5 Å². The smallest absolute Gasteiger partial charge is 0.260 e. The number of amides is 1. The Labute approximate surface area is 142 Å². The van der Waals surface area contributed by atoms with E-state index in [9.17, 15) is 4.79 Å². The average Bonchev–Trinajstić information content (AvgIpc) is 2.51. The number of benzene rings is 2. The van der Waals surface area contributed by atoms with Crippen molar-refractivity contribution in [3.05, 3.63) is 64.2 Å². The van der Waals surface area contributed by atoms with E-state index in [1.165, 1.54) is 5.56 Å². The van der Waals surface area contributed by atoms with Crippen LogP contribution >= 0.6 is 11.6 Å². The Morgan fingerprint density at radius 1 is 1.17 bits per heavy atom. The van der Waals surface area contributed by atoms with Crippen molar-refractivity contribution in [2.24, 2.45) is 0 Å². The third-order valence-electron chi connectivity index (χ3n) is 3.63. The first-order valence-corrected chi connectivity index (χ1v) is 8.09. The average molecular weight is 332 g/mol. The largest absolute Gasteiger partial charge is 0.481 e. The molecule has 0 aliphatic rings. The third-order valence-corrected chi connectivity index (χ3v) is 3.88. The third kappa shape index (κ3) is 5.29. The second-order valence-corrected chi connectivity index (χ2v) is 6.13. The molecule has 3 nitrogen and oxygen atoms in total. The van der Waals surface area contributed by atoms with Gasteiger partial charge in [-0.05, 0) is 56.5 Å². The normalized spacial score (nSPS) is 11.8. The number of carbonyl (C=O) groups excluding carboxylic acids is 1. The summed E-state index contributed by atoms with van der Waals surface area (Å²) in [6.07, 6.45) is 0.237. The van der Waals surface area contributed by atoms with Crippen LogP contribution < -0.4 is 10.1 Å². The maximum atomic E-state index is 12.1. The highest BCUT2D eigenvalue weighted by molar-refractivity contribution is 6.30. The predicted octanol–water partition coefficient (Wildman–Crippen LogP) is 4.08. The Balaban J connectivity index is 1.81. The van der Waals surface area contributed by atoms with Crippen LogP contribution in [0.15, 0.2) is 42.5 Å². The summed E-state index contributed by atoms with van der Waals surface area (Å²) in [5.74, 6) is 0.634. The first-order chi connectivity index (χ1) is 11.0. The van der Waals surface area contributed by atoms with E-state index in [4.69, 9.17) is 16.3 Å². The Hall–Kier alpha value is -2.00. The van der Waals surface area contributed by atoms with E-state index in [0.29, 0.717) is 11.6 Å². The zero-order chi connectivity index (χ0) is 16.8. The maximum Gasteiger partial charge on any atom is 0.260 e. The summed E-state index contributed by atoms with van der Waals surface area (Å²) in [6.45, 7) is 6.34. The molecular weight excluding hydrogens is 310 g/mol. The monoisotopic (exact) mass is 331 g/mol. The zero-order valence-corrected chi connectivity index (χ0v) is 14.5. The van der Waals surface area contributed by atoms with Gasteiger partial charge in [0.1, 0.15) is 5.75 Å². The topological polar surface area (TPSA) is 38.3 Å². The second-order valence-electron chi connectivity index (χ2n) is 5.70. The van der Waals surface area contributed by atoms with E-state index >= 15 is 0 Å². The van der Waals surface area contributed by atoms with Crippen LogP contribution in [0, 0.1) is 13.8 Å². The molecule has 0 fully saturated rings. The molecule has 2 rings (SSSR count). The summed E-state index contributed by atoms with van der Waals surface area (Å²) in [5, 5.41) is 3.62. The lowest BCUT2D eigenvalue weighted by molar-refractivity contribution is -0.127. The minimum Gasteiger partial charge on any atom is -0.481 e. The molecule has 1 N–H and O–H groups in total. The number of nitrogens with one attached hydrogen (secondary N) is 1. The molecule has 0 bridgehead atoms. The van der Waals surface area contributed by atoms with E-state index in [1.807, 2.05) is 56.3 Å². The van der Waals surface area contributed by atoms with Crippen molar-refractivity contribution in [2.45, 2.75) is 33.3 Å². The summed E-state index contributed by atoms with van der Waals surface area (Å²) < 4.78 is 5.75. The fourth-order valence-corrected chi connectivity index (χ4v) is 2.43. The number of ether oxygens (including phenoxy) is 1. The van der Waals surface area contributed by atoms with Crippen LogP contribution in [-0.2, 0) is 11.2 Å². The van der Waals surface area contributed by atoms with Crippen LogP contribution in [-0.4, -0.2) is 18.6 Å². The van der Waals surface area contributed by atoms with E-state index in [2.05, 4.69) is 5.32 Å². The van der Waals surface area contributed by atoms with Crippen LogP contribution in [0.25, 0.3) is 0 Å². The number of carbonyl (C=O) groups is 1. The highest BCUT2D eigenvalue weighted by Crippen LogP contribution is 2.20. The lowest BCUT2D eigenvalue weighted by Crippen LogP contribution is -2.37. The molecule has 2 aromatic rings. The number of halogens is 1. The van der Waals surface area contributed by atoms with E-state index < -0.39 is 6.10 Å². The first kappa shape index (κ1) is 17.4. The number of aryl methyl sites for hydroxylation is 2. The van der Waals surface area contributed by atoms with Gasteiger partial charge >= 0.3 is 0 Å². The van der Waals surface area contributed by atoms with Gasteiger partial charge in [-0.3, -0.25) is 4.79 Å². The van der Waals surface area contributed by atoms with Crippen molar-refractivity contribution < 1.29 is 9.53 Å². The summed E-state index contributed by atoms with van der Waals surface area (Å²) in [5.41, 5.74) is 3.35. The van der Waals surface area contributed by atoms with Gasteiger partial charge in [0.25, 0.3) is 5.91 Å². The molecule has 1 amide bonds. The van der Waals surface area contributed by atoms with Gasteiger partial charge in [0.05, 0.1) is 0 Å². The van der Waals surface area contributed by atoms with Gasteiger partial charge in [0, 0.05) is 11.6 Å². The highest BCUT2D eigenvalue weighted by Gasteiger charge is 2.15. The molecule has 0 unspecified atom stereocenters. The standard InChI is InChI=1S/C19H22ClNO2/c1-13-4-9-18(14(2)12-13)23-15(3)19(22)21-11-10-16-5-7-17(20)8-6-16/h4-9,12,15H,10-11H2,1-3H3,(H,21,22)/t15-/m0/s1. The van der Waals surface area contributed by atoms with Crippen LogP contribution in [0.4, 0.5) is 0 Å². The summed E-state index contributed by atoms with van der Waals surface area (Å²) in [7, 11) is 0. The summed E-state index contributed by atoms with van der Waals surface area (Å²) >= 11 is 5.85. The molecule has 0 radical (unpaired) electrons. The van der Waals surface area contributed by atoms with E-state index in [-0.39, 0.29) is 5.91 Å². The molecule has 122 valence electrons. The molecule has 0 saturated heterocycles. The minimum absolute atomic E-state index is 0.112. The Morgan fingerprint density at radius 3 is 2.52 bits per heavy atom. The fourth-order valence-electron chi connectivity index (χ4n) is 2.30. The molecular formula is C19H22ClNO2. The maximum absolute atomic E-state index is 12.1. The van der Waals surface area contributed by atoms with Gasteiger partial charge in [-0.15, -0.1) is 0 Å². The van der Waals surface area contributed by atoms with Gasteiger partial charge in [0.2, 0.25) is 0 Å². The molecule has 2 aromatic carbocycles. The molecule has 0 saturated carbocycles. The van der Waals surface area contributed by atoms with Gasteiger partial charge in [-0.2, -0.15) is 0 Å². The summed E-state index contributed by atoms with van der Waals surface area (Å²) in [6, 6.07) is 13.6. The number of hydrogen-bond acceptors (Lipinski definition) is 2. The van der Waals surface area contributed by atoms with Gasteiger partial charge < -0.3 is 10.1 Å². The molecule has 23 heavy (non-hydrogen) atoms. The van der Waals surface area contributed by atoms with Crippen LogP contribution in [0.2, 0.25) is 5.02 Å². The van der Waals surface area contributed by atoms with Crippen molar-refractivity contribution in [3.8, 4) is 5.75 Å². The van der Waals surface area contributed by atoms with Crippen molar-refractivity contribution in [2.75, 3.05) is 6.54 Å². The number of rotatable bonds is 6. The van der Waals surface area contributed by atoms with Gasteiger partial charge in [0.15, 0.2) is 6.10 Å². The highest BCUT2D eigenvalue weighted by atomic mass is 35.5. The SMILES string of the molecule is Cc1ccc(O[C@@H](C)C(=O)NCCc2ccc(Cl)cc2)c(C)c1.